The van der Waals surface area contributed by atoms with Crippen molar-refractivity contribution in [3.05, 3.63) is 168 Å². The van der Waals surface area contributed by atoms with E-state index in [2.05, 4.69) is 65.9 Å². The Bertz CT molecular complexity index is 2610. The molecule has 0 aliphatic carbocycles. The van der Waals surface area contributed by atoms with Gasteiger partial charge in [0.2, 0.25) is 0 Å². The molecule has 0 bridgehead atoms. The number of aliphatic hydroxyl groups excluding tert-OH is 1. The Morgan fingerprint density at radius 2 is 0.676 bits per heavy atom. The summed E-state index contributed by atoms with van der Waals surface area (Å²) >= 11 is 2.05. The van der Waals surface area contributed by atoms with Gasteiger partial charge in [-0.1, -0.05) is 95.4 Å². The van der Waals surface area contributed by atoms with Crippen molar-refractivity contribution in [1.82, 2.24) is 0 Å². The Morgan fingerprint density at radius 3 is 0.986 bits per heavy atom. The third-order valence-electron chi connectivity index (χ3n) is 12.1. The van der Waals surface area contributed by atoms with Crippen LogP contribution in [0.25, 0.3) is 11.1 Å². The minimum atomic E-state index is -7.22. The average molecular weight is 1190 g/mol. The summed E-state index contributed by atoms with van der Waals surface area (Å²) in [4.78, 5) is 0. The summed E-state index contributed by atoms with van der Waals surface area (Å²) in [6.45, 7) is 2.64. The highest BCUT2D eigenvalue weighted by Gasteiger charge is 2.52. The number of ether oxygens (including phenoxy) is 1. The molecule has 1 N–H and O–H groups in total. The molecule has 0 aromatic heterocycles. The van der Waals surface area contributed by atoms with E-state index >= 15 is 35.1 Å². The fraction of sp³-hybridized carbons (Fsp3) is 0.280. The lowest BCUT2D eigenvalue weighted by molar-refractivity contribution is -0.326. The lowest BCUT2D eigenvalue weighted by atomic mass is 9.12. The largest absolute Gasteiger partial charge is 0.491 e. The maximum absolute atomic E-state index is 15.4. The van der Waals surface area contributed by atoms with Gasteiger partial charge in [0.25, 0.3) is 22.6 Å². The number of hydrogen-bond acceptors (Lipinski definition) is 2. The molecule has 0 saturated carbocycles. The zero-order valence-electron chi connectivity index (χ0n) is 38.1. The van der Waals surface area contributed by atoms with E-state index in [4.69, 9.17) is 4.74 Å². The number of halogens is 21. The zero-order chi connectivity index (χ0) is 55.1. The van der Waals surface area contributed by atoms with Crippen LogP contribution in [-0.2, 0) is 0 Å². The third kappa shape index (κ3) is 11.6. The molecule has 24 heteroatoms. The first-order valence-corrected chi connectivity index (χ1v) is 23.5. The van der Waals surface area contributed by atoms with E-state index in [-0.39, 0.29) is 6.10 Å². The maximum atomic E-state index is 15.4. The van der Waals surface area contributed by atoms with Crippen LogP contribution in [0.3, 0.4) is 0 Å². The molecule has 1 unspecified atom stereocenters. The number of hydrogen-bond donors (Lipinski definition) is 1. The van der Waals surface area contributed by atoms with Gasteiger partial charge in [-0.3, -0.25) is 0 Å². The molecule has 0 aliphatic rings. The van der Waals surface area contributed by atoms with Crippen molar-refractivity contribution in [1.29, 1.82) is 0 Å². The van der Waals surface area contributed by atoms with Gasteiger partial charge >= 0.3 is 0 Å². The Labute approximate surface area is 422 Å². The van der Waals surface area contributed by atoms with E-state index in [9.17, 15) is 57.8 Å². The topological polar surface area (TPSA) is 29.5 Å². The molecule has 0 amide bonds. The summed E-state index contributed by atoms with van der Waals surface area (Å²) in [7, 11) is 0. The minimum Gasteiger partial charge on any atom is -0.491 e. The molecule has 6 aromatic rings. The second-order valence-corrected chi connectivity index (χ2v) is 18.0. The van der Waals surface area contributed by atoms with Gasteiger partial charge < -0.3 is 9.84 Å². The second kappa shape index (κ2) is 25.3. The van der Waals surface area contributed by atoms with Crippen molar-refractivity contribution in [2.24, 2.45) is 0 Å². The Hall–Kier alpha value is -5.53. The summed E-state index contributed by atoms with van der Waals surface area (Å²) in [6, 6.07) is 16.6. The summed E-state index contributed by atoms with van der Waals surface area (Å²) in [5.74, 6) is -70.6. The summed E-state index contributed by atoms with van der Waals surface area (Å²) in [6.07, 6.45) is 6.45. The molecule has 1 atom stereocenters. The SMILES string of the molecule is CCCCCCCCCCCCC(O)COc1ccc(-c2ccccc2[IH+])cc1.Fc1c(F)c(F)c([B-](c2c(F)c(F)c(F)c(F)c2F)(c2c(F)c(F)c(F)c(F)c2F)c2c(F)c(F)c(F)c(F)c2F)c(F)c1F. The van der Waals surface area contributed by atoms with Crippen LogP contribution in [0.15, 0.2) is 48.5 Å². The van der Waals surface area contributed by atoms with Gasteiger partial charge in [-0.05, 0) is 36.2 Å². The van der Waals surface area contributed by atoms with Crippen molar-refractivity contribution >= 4 is 28.0 Å². The standard InChI is InChI=1S/C26H38IO2.C24BF20/c1-2-3-4-5-6-7-8-9-10-11-14-23(28)21-29-24-19-17-22(18-20-24)25-15-12-13-16-26(25)27;26-5-1(6(27)14(35)21(42)13(5)34)25(2-7(28)15(36)22(43)16(37)8(2)29,3-9(30)17(38)23(44)18(39)10(3)31)4-11(32)19(40)24(45)20(41)12(4)33/h12-13,15-20,23,27-28H,2-11,14,21H2,1H3;/q+1;-1. The lowest BCUT2D eigenvalue weighted by Crippen LogP contribution is -3.34. The Balaban J connectivity index is 0.000000302. The van der Waals surface area contributed by atoms with E-state index in [1.807, 2.05) is 12.1 Å². The summed E-state index contributed by atoms with van der Waals surface area (Å²) < 4.78 is 301. The molecule has 0 aliphatic heterocycles. The van der Waals surface area contributed by atoms with Crippen LogP contribution in [-0.4, -0.2) is 24.0 Å². The molecule has 0 spiro atoms. The van der Waals surface area contributed by atoms with Crippen LogP contribution >= 0.6 is 0 Å². The molecule has 0 heterocycles. The molecule has 6 aromatic carbocycles. The van der Waals surface area contributed by atoms with E-state index in [1.165, 1.54) is 72.5 Å². The molecular weight excluding hydrogens is 1150 g/mol. The van der Waals surface area contributed by atoms with E-state index < -0.39 is 144 Å². The smallest absolute Gasteiger partial charge is 0.297 e. The fourth-order valence-electron chi connectivity index (χ4n) is 8.45. The maximum Gasteiger partial charge on any atom is 0.297 e. The van der Waals surface area contributed by atoms with Gasteiger partial charge in [0, 0.05) is 5.56 Å². The molecule has 2 nitrogen and oxygen atoms in total. The molecule has 0 radical (unpaired) electrons. The van der Waals surface area contributed by atoms with Crippen molar-refractivity contribution in [3.8, 4) is 16.9 Å². The van der Waals surface area contributed by atoms with Gasteiger partial charge in [0.15, 0.2) is 73.4 Å². The van der Waals surface area contributed by atoms with Crippen LogP contribution < -0.4 is 49.2 Å². The summed E-state index contributed by atoms with van der Waals surface area (Å²) in [5, 5.41) is 10.2. The molecule has 0 fully saturated rings. The van der Waals surface area contributed by atoms with E-state index in [0.29, 0.717) is 6.61 Å². The minimum absolute atomic E-state index is 0.375. The molecule has 400 valence electrons. The number of rotatable bonds is 19. The van der Waals surface area contributed by atoms with Crippen molar-refractivity contribution in [2.75, 3.05) is 6.61 Å². The van der Waals surface area contributed by atoms with E-state index in [0.717, 1.165) is 18.6 Å². The van der Waals surface area contributed by atoms with Gasteiger partial charge in [-0.15, -0.1) is 21.9 Å². The predicted molar refractivity (Wildman–Crippen MR) is 229 cm³/mol. The van der Waals surface area contributed by atoms with Gasteiger partial charge in [-0.2, -0.15) is 0 Å². The Morgan fingerprint density at radius 1 is 0.392 bits per heavy atom. The zero-order valence-corrected chi connectivity index (χ0v) is 40.4. The first-order valence-electron chi connectivity index (χ1n) is 22.3. The van der Waals surface area contributed by atoms with Gasteiger partial charge in [0.05, 0.1) is 6.10 Å². The van der Waals surface area contributed by atoms with Crippen molar-refractivity contribution in [2.45, 2.75) is 83.7 Å². The van der Waals surface area contributed by atoms with E-state index in [1.54, 1.807) is 0 Å². The van der Waals surface area contributed by atoms with Crippen LogP contribution in [0.1, 0.15) is 77.6 Å². The van der Waals surface area contributed by atoms with Crippen molar-refractivity contribution in [3.63, 3.8) is 0 Å². The van der Waals surface area contributed by atoms with Gasteiger partial charge in [0.1, 0.15) is 65.0 Å². The lowest BCUT2D eigenvalue weighted by Gasteiger charge is -2.44. The highest BCUT2D eigenvalue weighted by atomic mass is 127. The number of aliphatic hydroxyl groups is 1. The second-order valence-electron chi connectivity index (χ2n) is 16.8. The molecule has 6 rings (SSSR count). The fourth-order valence-corrected chi connectivity index (χ4v) is 9.21. The quantitative estimate of drug-likeness (QED) is 0.0219. The Kier molecular flexibility index (Phi) is 20.3. The molecular formula is C50H38BF20IO2. The summed E-state index contributed by atoms with van der Waals surface area (Å²) in [5.41, 5.74) is -11.9. The van der Waals surface area contributed by atoms with Crippen LogP contribution in [0.4, 0.5) is 87.8 Å². The average Bonchev–Trinajstić information content (AvgIpc) is 3.39. The highest BCUT2D eigenvalue weighted by molar-refractivity contribution is 7.20. The van der Waals surface area contributed by atoms with Crippen LogP contribution in [0, 0.1) is 120 Å². The first kappa shape index (κ1) is 59.4. The highest BCUT2D eigenvalue weighted by Crippen LogP contribution is 2.31. The van der Waals surface area contributed by atoms with Gasteiger partial charge in [-0.25, -0.2) is 87.8 Å². The number of benzene rings is 6. The third-order valence-corrected chi connectivity index (χ3v) is 13.1. The normalized spacial score (nSPS) is 12.0. The van der Waals surface area contributed by atoms with Crippen molar-refractivity contribution < 1.29 is 120 Å². The monoisotopic (exact) mass is 1190 g/mol. The van der Waals surface area contributed by atoms with Crippen LogP contribution in [0.5, 0.6) is 5.75 Å². The number of unbranched alkanes of at least 4 members (excludes halogenated alkanes) is 9. The first-order chi connectivity index (χ1) is 34.9. The van der Waals surface area contributed by atoms with Crippen LogP contribution in [0.2, 0.25) is 0 Å². The predicted octanol–water partition coefficient (Wildman–Crippen LogP) is 9.71. The molecule has 74 heavy (non-hydrogen) atoms. The molecule has 0 saturated heterocycles.